The van der Waals surface area contributed by atoms with Gasteiger partial charge < -0.3 is 5.11 Å². The summed E-state index contributed by atoms with van der Waals surface area (Å²) in [7, 11) is -3.62. The molecule has 0 spiro atoms. The van der Waals surface area contributed by atoms with Crippen LogP contribution in [0.4, 0.5) is 0 Å². The Balaban J connectivity index is 3.01. The van der Waals surface area contributed by atoms with E-state index >= 15 is 0 Å². The molecule has 4 nitrogen and oxygen atoms in total. The summed E-state index contributed by atoms with van der Waals surface area (Å²) in [5.41, 5.74) is 0.184. The summed E-state index contributed by atoms with van der Waals surface area (Å²) in [6.07, 6.45) is -0.780. The molecule has 1 aromatic carbocycles. The number of hydrogen-bond donors (Lipinski definition) is 2. The highest BCUT2D eigenvalue weighted by atomic mass is 32.2. The second kappa shape index (κ2) is 5.61. The zero-order valence-electron chi connectivity index (χ0n) is 12.1. The second-order valence-electron chi connectivity index (χ2n) is 5.73. The summed E-state index contributed by atoms with van der Waals surface area (Å²) in [6.45, 7) is 8.97. The second-order valence-corrected chi connectivity index (χ2v) is 7.41. The predicted octanol–water partition coefficient (Wildman–Crippen LogP) is 2.25. The Morgan fingerprint density at radius 3 is 1.95 bits per heavy atom. The average molecular weight is 285 g/mol. The summed E-state index contributed by atoms with van der Waals surface area (Å²) in [4.78, 5) is 0.214. The number of benzene rings is 1. The molecule has 0 amide bonds. The van der Waals surface area contributed by atoms with Crippen molar-refractivity contribution in [3.8, 4) is 0 Å². The van der Waals surface area contributed by atoms with Crippen LogP contribution >= 0.6 is 0 Å². The van der Waals surface area contributed by atoms with E-state index in [-0.39, 0.29) is 4.90 Å². The zero-order valence-corrected chi connectivity index (χ0v) is 13.0. The maximum atomic E-state index is 12.2. The van der Waals surface area contributed by atoms with E-state index in [0.29, 0.717) is 5.92 Å². The van der Waals surface area contributed by atoms with Crippen molar-refractivity contribution in [3.05, 3.63) is 29.8 Å². The zero-order chi connectivity index (χ0) is 14.8. The molecule has 0 heterocycles. The third kappa shape index (κ3) is 4.03. The molecule has 0 saturated heterocycles. The molecule has 0 aliphatic rings. The molecule has 0 saturated carbocycles. The van der Waals surface area contributed by atoms with E-state index in [4.69, 9.17) is 0 Å². The molecular weight excluding hydrogens is 262 g/mol. The standard InChI is InChI=1S/C14H23NO3S/c1-10(2)12-6-8-13(9-7-12)19(17,18)15-14(4,5)11(3)16/h6-11,15-16H,1-5H3. The molecule has 1 rings (SSSR count). The van der Waals surface area contributed by atoms with E-state index in [2.05, 4.69) is 18.6 Å². The lowest BCUT2D eigenvalue weighted by atomic mass is 10.0. The van der Waals surface area contributed by atoms with Crippen LogP contribution in [0.2, 0.25) is 0 Å². The fourth-order valence-electron chi connectivity index (χ4n) is 1.52. The van der Waals surface area contributed by atoms with Crippen molar-refractivity contribution in [2.45, 2.75) is 57.1 Å². The number of rotatable bonds is 5. The van der Waals surface area contributed by atoms with Crippen molar-refractivity contribution in [2.75, 3.05) is 0 Å². The fraction of sp³-hybridized carbons (Fsp3) is 0.571. The van der Waals surface area contributed by atoms with Crippen LogP contribution in [0.25, 0.3) is 0 Å². The third-order valence-corrected chi connectivity index (χ3v) is 4.99. The number of aliphatic hydroxyl groups excluding tert-OH is 1. The molecule has 19 heavy (non-hydrogen) atoms. The Morgan fingerprint density at radius 2 is 1.58 bits per heavy atom. The van der Waals surface area contributed by atoms with E-state index in [9.17, 15) is 13.5 Å². The largest absolute Gasteiger partial charge is 0.391 e. The van der Waals surface area contributed by atoms with Crippen molar-refractivity contribution < 1.29 is 13.5 Å². The van der Waals surface area contributed by atoms with Gasteiger partial charge in [0.1, 0.15) is 0 Å². The maximum Gasteiger partial charge on any atom is 0.241 e. The monoisotopic (exact) mass is 285 g/mol. The van der Waals surface area contributed by atoms with E-state index in [1.165, 1.54) is 0 Å². The molecule has 0 aromatic heterocycles. The van der Waals surface area contributed by atoms with Crippen LogP contribution in [0.15, 0.2) is 29.2 Å². The lowest BCUT2D eigenvalue weighted by molar-refractivity contribution is 0.111. The van der Waals surface area contributed by atoms with Crippen LogP contribution in [0.3, 0.4) is 0 Å². The van der Waals surface area contributed by atoms with Gasteiger partial charge in [-0.25, -0.2) is 13.1 Å². The van der Waals surface area contributed by atoms with Gasteiger partial charge in [-0.15, -0.1) is 0 Å². The minimum absolute atomic E-state index is 0.214. The Hall–Kier alpha value is -0.910. The first-order valence-electron chi connectivity index (χ1n) is 6.38. The minimum Gasteiger partial charge on any atom is -0.391 e. The number of sulfonamides is 1. The highest BCUT2D eigenvalue weighted by molar-refractivity contribution is 7.89. The Kier molecular flexibility index (Phi) is 4.76. The topological polar surface area (TPSA) is 66.4 Å². The Labute approximate surface area is 115 Å². The molecule has 5 heteroatoms. The van der Waals surface area contributed by atoms with Gasteiger partial charge in [-0.1, -0.05) is 26.0 Å². The summed E-state index contributed by atoms with van der Waals surface area (Å²) < 4.78 is 26.9. The van der Waals surface area contributed by atoms with Gasteiger partial charge >= 0.3 is 0 Å². The van der Waals surface area contributed by atoms with Crippen molar-refractivity contribution >= 4 is 10.0 Å². The van der Waals surface area contributed by atoms with Crippen LogP contribution in [0.1, 0.15) is 46.1 Å². The molecule has 1 unspecified atom stereocenters. The van der Waals surface area contributed by atoms with Gasteiger partial charge in [0.05, 0.1) is 16.5 Å². The third-order valence-electron chi connectivity index (χ3n) is 3.30. The van der Waals surface area contributed by atoms with Gasteiger partial charge in [0, 0.05) is 0 Å². The highest BCUT2D eigenvalue weighted by Gasteiger charge is 2.30. The SMILES string of the molecule is CC(C)c1ccc(S(=O)(=O)NC(C)(C)C(C)O)cc1. The maximum absolute atomic E-state index is 12.2. The van der Waals surface area contributed by atoms with Crippen LogP contribution in [0, 0.1) is 0 Å². The van der Waals surface area contributed by atoms with Crippen LogP contribution in [0.5, 0.6) is 0 Å². The average Bonchev–Trinajstić information content (AvgIpc) is 2.27. The predicted molar refractivity (Wildman–Crippen MR) is 76.6 cm³/mol. The molecular formula is C14H23NO3S. The van der Waals surface area contributed by atoms with Gasteiger partial charge in [-0.2, -0.15) is 0 Å². The molecule has 1 atom stereocenters. The van der Waals surface area contributed by atoms with E-state index < -0.39 is 21.7 Å². The molecule has 0 aliphatic heterocycles. The quantitative estimate of drug-likeness (QED) is 0.872. The summed E-state index contributed by atoms with van der Waals surface area (Å²) in [6, 6.07) is 6.81. The molecule has 108 valence electrons. The number of hydrogen-bond acceptors (Lipinski definition) is 3. The molecule has 2 N–H and O–H groups in total. The molecule has 0 fully saturated rings. The minimum atomic E-state index is -3.62. The van der Waals surface area contributed by atoms with E-state index in [1.807, 2.05) is 12.1 Å². The van der Waals surface area contributed by atoms with Crippen LogP contribution in [-0.2, 0) is 10.0 Å². The van der Waals surface area contributed by atoms with Crippen molar-refractivity contribution in [2.24, 2.45) is 0 Å². The Bertz CT molecular complexity index is 516. The van der Waals surface area contributed by atoms with Crippen molar-refractivity contribution in [3.63, 3.8) is 0 Å². The summed E-state index contributed by atoms with van der Waals surface area (Å²) >= 11 is 0. The van der Waals surface area contributed by atoms with Gasteiger partial charge in [-0.05, 0) is 44.4 Å². The molecule has 0 aliphatic carbocycles. The van der Waals surface area contributed by atoms with Crippen LogP contribution < -0.4 is 4.72 Å². The number of nitrogens with one attached hydrogen (secondary N) is 1. The van der Waals surface area contributed by atoms with Crippen molar-refractivity contribution in [1.29, 1.82) is 0 Å². The molecule has 1 aromatic rings. The van der Waals surface area contributed by atoms with E-state index in [0.717, 1.165) is 5.56 Å². The lowest BCUT2D eigenvalue weighted by Gasteiger charge is -2.28. The molecule has 0 radical (unpaired) electrons. The van der Waals surface area contributed by atoms with E-state index in [1.54, 1.807) is 32.9 Å². The smallest absolute Gasteiger partial charge is 0.241 e. The van der Waals surface area contributed by atoms with Gasteiger partial charge in [0.15, 0.2) is 0 Å². The van der Waals surface area contributed by atoms with Crippen LogP contribution in [-0.4, -0.2) is 25.2 Å². The fourth-order valence-corrected chi connectivity index (χ4v) is 3.00. The van der Waals surface area contributed by atoms with Gasteiger partial charge in [-0.3, -0.25) is 0 Å². The highest BCUT2D eigenvalue weighted by Crippen LogP contribution is 2.19. The first-order valence-corrected chi connectivity index (χ1v) is 7.86. The Morgan fingerprint density at radius 1 is 1.11 bits per heavy atom. The van der Waals surface area contributed by atoms with Gasteiger partial charge in [0.2, 0.25) is 10.0 Å². The summed E-state index contributed by atoms with van der Waals surface area (Å²) in [5.74, 6) is 0.360. The summed E-state index contributed by atoms with van der Waals surface area (Å²) in [5, 5.41) is 9.58. The number of aliphatic hydroxyl groups is 1. The lowest BCUT2D eigenvalue weighted by Crippen LogP contribution is -2.50. The first-order chi connectivity index (χ1) is 8.56. The first kappa shape index (κ1) is 16.1. The van der Waals surface area contributed by atoms with Crippen molar-refractivity contribution in [1.82, 2.24) is 4.72 Å². The molecule has 0 bridgehead atoms. The normalized spacial score (nSPS) is 14.7. The van der Waals surface area contributed by atoms with Gasteiger partial charge in [0.25, 0.3) is 0 Å².